The molecule has 84 valence electrons. The fourth-order valence-corrected chi connectivity index (χ4v) is 2.67. The van der Waals surface area contributed by atoms with E-state index < -0.39 is 0 Å². The fraction of sp³-hybridized carbons (Fsp3) is 0.800. The van der Waals surface area contributed by atoms with Gasteiger partial charge in [0.25, 0.3) is 0 Å². The molecule has 15 heavy (non-hydrogen) atoms. The Balaban J connectivity index is 2.21. The van der Waals surface area contributed by atoms with Crippen LogP contribution in [0.5, 0.6) is 0 Å². The van der Waals surface area contributed by atoms with Gasteiger partial charge in [0.2, 0.25) is 0 Å². The maximum Gasteiger partial charge on any atom is 0.161 e. The highest BCUT2D eigenvalue weighted by molar-refractivity contribution is 7.99. The van der Waals surface area contributed by atoms with Crippen molar-refractivity contribution in [3.8, 4) is 0 Å². The maximum absolute atomic E-state index is 5.56. The molecule has 0 spiro atoms. The van der Waals surface area contributed by atoms with E-state index in [9.17, 15) is 0 Å². The van der Waals surface area contributed by atoms with E-state index in [0.717, 1.165) is 42.7 Å². The average Bonchev–Trinajstić information content (AvgIpc) is 2.48. The Labute approximate surface area is 94.4 Å². The molecule has 0 saturated carbocycles. The zero-order valence-electron chi connectivity index (χ0n) is 9.27. The monoisotopic (exact) mass is 227 g/mol. The highest BCUT2D eigenvalue weighted by atomic mass is 32.2. The molecule has 1 atom stereocenters. The molecule has 0 bridgehead atoms. The van der Waals surface area contributed by atoms with E-state index in [1.54, 1.807) is 0 Å². The predicted octanol–water partition coefficient (Wildman–Crippen LogP) is 1.66. The van der Waals surface area contributed by atoms with Crippen LogP contribution in [0.2, 0.25) is 0 Å². The minimum Gasteiger partial charge on any atom is -0.371 e. The van der Waals surface area contributed by atoms with Gasteiger partial charge in [-0.2, -0.15) is 11.8 Å². The second-order valence-corrected chi connectivity index (χ2v) is 4.81. The number of thioether (sulfide) groups is 1. The summed E-state index contributed by atoms with van der Waals surface area (Å²) in [6.45, 7) is 5.78. The molecule has 0 aliphatic carbocycles. The quantitative estimate of drug-likeness (QED) is 0.787. The van der Waals surface area contributed by atoms with Gasteiger partial charge < -0.3 is 9.30 Å². The summed E-state index contributed by atoms with van der Waals surface area (Å²) in [6, 6.07) is 0. The molecule has 0 aromatic carbocycles. The smallest absolute Gasteiger partial charge is 0.161 e. The van der Waals surface area contributed by atoms with Gasteiger partial charge in [0.05, 0.1) is 0 Å². The molecule has 0 radical (unpaired) electrons. The van der Waals surface area contributed by atoms with Crippen LogP contribution in [0.25, 0.3) is 0 Å². The molecule has 0 fully saturated rings. The predicted molar refractivity (Wildman–Crippen MR) is 61.1 cm³/mol. The Morgan fingerprint density at radius 3 is 3.13 bits per heavy atom. The van der Waals surface area contributed by atoms with Gasteiger partial charge in [-0.25, -0.2) is 0 Å². The molecule has 5 heteroatoms. The lowest BCUT2D eigenvalue weighted by Crippen LogP contribution is -2.12. The van der Waals surface area contributed by atoms with Gasteiger partial charge in [-0.05, 0) is 13.8 Å². The first-order valence-electron chi connectivity index (χ1n) is 5.44. The van der Waals surface area contributed by atoms with Gasteiger partial charge in [-0.1, -0.05) is 0 Å². The van der Waals surface area contributed by atoms with Crippen LogP contribution in [0.4, 0.5) is 0 Å². The maximum atomic E-state index is 5.56. The number of nitrogens with zero attached hydrogens (tertiary/aromatic N) is 3. The first kappa shape index (κ1) is 11.0. The van der Waals surface area contributed by atoms with E-state index in [2.05, 4.69) is 14.8 Å². The van der Waals surface area contributed by atoms with Crippen LogP contribution in [0.3, 0.4) is 0 Å². The van der Waals surface area contributed by atoms with Crippen LogP contribution in [-0.2, 0) is 17.7 Å². The third-order valence-corrected chi connectivity index (χ3v) is 3.53. The number of hydrogen-bond acceptors (Lipinski definition) is 4. The van der Waals surface area contributed by atoms with Crippen molar-refractivity contribution in [3.63, 3.8) is 0 Å². The van der Waals surface area contributed by atoms with Crippen molar-refractivity contribution in [3.05, 3.63) is 11.6 Å². The van der Waals surface area contributed by atoms with Crippen molar-refractivity contribution >= 4 is 11.8 Å². The summed E-state index contributed by atoms with van der Waals surface area (Å²) in [5, 5.41) is 8.48. The largest absolute Gasteiger partial charge is 0.371 e. The Bertz CT molecular complexity index is 326. The van der Waals surface area contributed by atoms with Crippen molar-refractivity contribution < 1.29 is 4.74 Å². The molecule has 2 rings (SSSR count). The van der Waals surface area contributed by atoms with Crippen molar-refractivity contribution in [2.24, 2.45) is 0 Å². The first-order valence-corrected chi connectivity index (χ1v) is 6.59. The SMILES string of the molecule is CCOC(C)c1nnc2n1CCSCC2. The van der Waals surface area contributed by atoms with Crippen molar-refractivity contribution in [2.75, 3.05) is 18.1 Å². The Kier molecular flexibility index (Phi) is 3.64. The summed E-state index contributed by atoms with van der Waals surface area (Å²) in [5.41, 5.74) is 0. The van der Waals surface area contributed by atoms with Crippen LogP contribution in [-0.4, -0.2) is 32.9 Å². The zero-order chi connectivity index (χ0) is 10.7. The summed E-state index contributed by atoms with van der Waals surface area (Å²) in [4.78, 5) is 0. The molecule has 0 amide bonds. The lowest BCUT2D eigenvalue weighted by atomic mass is 10.3. The number of hydrogen-bond donors (Lipinski definition) is 0. The molecule has 1 aliphatic rings. The summed E-state index contributed by atoms with van der Waals surface area (Å²) < 4.78 is 7.79. The molecule has 2 heterocycles. The molecule has 0 saturated heterocycles. The van der Waals surface area contributed by atoms with Crippen molar-refractivity contribution in [2.45, 2.75) is 32.9 Å². The van der Waals surface area contributed by atoms with Crippen molar-refractivity contribution in [1.29, 1.82) is 0 Å². The number of aromatic nitrogens is 3. The summed E-state index contributed by atoms with van der Waals surface area (Å²) in [6.07, 6.45) is 1.08. The van der Waals surface area contributed by atoms with E-state index >= 15 is 0 Å². The number of fused-ring (bicyclic) bond motifs is 1. The van der Waals surface area contributed by atoms with Gasteiger partial charge in [0.1, 0.15) is 11.9 Å². The van der Waals surface area contributed by atoms with Gasteiger partial charge in [0, 0.05) is 31.1 Å². The van der Waals surface area contributed by atoms with Crippen LogP contribution in [0.15, 0.2) is 0 Å². The first-order chi connectivity index (χ1) is 7.33. The summed E-state index contributed by atoms with van der Waals surface area (Å²) in [5.74, 6) is 4.40. The standard InChI is InChI=1S/C10H17N3OS/c1-3-14-8(2)10-12-11-9-4-6-15-7-5-13(9)10/h8H,3-7H2,1-2H3. The molecular formula is C10H17N3OS. The van der Waals surface area contributed by atoms with E-state index in [4.69, 9.17) is 4.74 Å². The molecule has 1 aromatic rings. The third-order valence-electron chi connectivity index (χ3n) is 2.57. The second-order valence-electron chi connectivity index (χ2n) is 3.59. The number of aryl methyl sites for hydroxylation is 1. The van der Waals surface area contributed by atoms with Crippen LogP contribution in [0, 0.1) is 0 Å². The van der Waals surface area contributed by atoms with Crippen LogP contribution >= 0.6 is 11.8 Å². The van der Waals surface area contributed by atoms with Crippen LogP contribution < -0.4 is 0 Å². The van der Waals surface area contributed by atoms with Crippen molar-refractivity contribution in [1.82, 2.24) is 14.8 Å². The van der Waals surface area contributed by atoms with E-state index in [1.165, 1.54) is 0 Å². The second kappa shape index (κ2) is 4.99. The van der Waals surface area contributed by atoms with Crippen LogP contribution in [0.1, 0.15) is 31.6 Å². The lowest BCUT2D eigenvalue weighted by Gasteiger charge is -2.12. The van der Waals surface area contributed by atoms with Gasteiger partial charge >= 0.3 is 0 Å². The molecule has 0 N–H and O–H groups in total. The van der Waals surface area contributed by atoms with Gasteiger partial charge in [-0.15, -0.1) is 10.2 Å². The summed E-state index contributed by atoms with van der Waals surface area (Å²) >= 11 is 1.98. The minimum absolute atomic E-state index is 0.0550. The Morgan fingerprint density at radius 1 is 1.47 bits per heavy atom. The normalized spacial score (nSPS) is 18.3. The van der Waals surface area contributed by atoms with E-state index in [-0.39, 0.29) is 6.10 Å². The minimum atomic E-state index is 0.0550. The molecule has 1 aliphatic heterocycles. The number of rotatable bonds is 3. The average molecular weight is 227 g/mol. The Hall–Kier alpha value is -0.550. The molecular weight excluding hydrogens is 210 g/mol. The highest BCUT2D eigenvalue weighted by Crippen LogP contribution is 2.20. The third kappa shape index (κ3) is 2.34. The van der Waals surface area contributed by atoms with Gasteiger partial charge in [-0.3, -0.25) is 0 Å². The summed E-state index contributed by atoms with van der Waals surface area (Å²) in [7, 11) is 0. The Morgan fingerprint density at radius 2 is 2.33 bits per heavy atom. The van der Waals surface area contributed by atoms with E-state index in [1.807, 2.05) is 25.6 Å². The van der Waals surface area contributed by atoms with E-state index in [0.29, 0.717) is 0 Å². The molecule has 1 aromatic heterocycles. The lowest BCUT2D eigenvalue weighted by molar-refractivity contribution is 0.0672. The molecule has 1 unspecified atom stereocenters. The topological polar surface area (TPSA) is 39.9 Å². The van der Waals surface area contributed by atoms with Gasteiger partial charge in [0.15, 0.2) is 5.82 Å². The fourth-order valence-electron chi connectivity index (χ4n) is 1.82. The highest BCUT2D eigenvalue weighted by Gasteiger charge is 2.19. The zero-order valence-corrected chi connectivity index (χ0v) is 10.1. The number of ether oxygens (including phenoxy) is 1. The molecule has 4 nitrogen and oxygen atoms in total.